The molecule has 0 N–H and O–H groups in total. The van der Waals surface area contributed by atoms with E-state index in [2.05, 4.69) is 41.1 Å². The van der Waals surface area contributed by atoms with Gasteiger partial charge in [0.05, 0.1) is 5.38 Å². The van der Waals surface area contributed by atoms with E-state index in [9.17, 15) is 0 Å². The second-order valence-corrected chi connectivity index (χ2v) is 5.99. The number of thiophene rings is 1. The van der Waals surface area contributed by atoms with Crippen LogP contribution in [-0.2, 0) is 12.8 Å². The Hall–Kier alpha value is -0.790. The van der Waals surface area contributed by atoms with E-state index in [1.165, 1.54) is 29.5 Å². The van der Waals surface area contributed by atoms with Gasteiger partial charge in [0.15, 0.2) is 0 Å². The minimum Gasteiger partial charge on any atom is -0.152 e. The van der Waals surface area contributed by atoms with Gasteiger partial charge in [0.1, 0.15) is 0 Å². The van der Waals surface area contributed by atoms with Gasteiger partial charge >= 0.3 is 0 Å². The Labute approximate surface area is 111 Å². The lowest BCUT2D eigenvalue weighted by Gasteiger charge is -2.29. The molecule has 1 aromatic carbocycles. The molecule has 0 radical (unpaired) electrons. The highest BCUT2D eigenvalue weighted by Gasteiger charge is 2.27. The van der Waals surface area contributed by atoms with Crippen molar-refractivity contribution < 1.29 is 0 Å². The van der Waals surface area contributed by atoms with Gasteiger partial charge in [-0.15, -0.1) is 11.6 Å². The maximum Gasteiger partial charge on any atom is 0.0619 e. The Kier molecular flexibility index (Phi) is 3.21. The third-order valence-electron chi connectivity index (χ3n) is 3.63. The van der Waals surface area contributed by atoms with Crippen LogP contribution < -0.4 is 0 Å². The van der Waals surface area contributed by atoms with E-state index in [1.807, 2.05) is 0 Å². The van der Waals surface area contributed by atoms with Crippen molar-refractivity contribution in [3.05, 3.63) is 57.8 Å². The van der Waals surface area contributed by atoms with Crippen LogP contribution in [0.15, 0.2) is 41.1 Å². The summed E-state index contributed by atoms with van der Waals surface area (Å²) >= 11 is 8.41. The summed E-state index contributed by atoms with van der Waals surface area (Å²) in [6, 6.07) is 10.8. The van der Waals surface area contributed by atoms with Gasteiger partial charge in [0.25, 0.3) is 0 Å². The number of benzene rings is 1. The molecule has 2 unspecified atom stereocenters. The molecule has 88 valence electrons. The zero-order valence-electron chi connectivity index (χ0n) is 9.60. The lowest BCUT2D eigenvalue weighted by Crippen LogP contribution is -2.18. The summed E-state index contributed by atoms with van der Waals surface area (Å²) in [4.78, 5) is 0. The highest BCUT2D eigenvalue weighted by Crippen LogP contribution is 2.40. The molecule has 0 saturated carbocycles. The Morgan fingerprint density at radius 3 is 2.94 bits per heavy atom. The van der Waals surface area contributed by atoms with Gasteiger partial charge < -0.3 is 0 Å². The number of fused-ring (bicyclic) bond motifs is 1. The number of alkyl halides is 1. The molecular formula is C15H15ClS. The minimum atomic E-state index is 0.180. The van der Waals surface area contributed by atoms with E-state index < -0.39 is 0 Å². The van der Waals surface area contributed by atoms with Crippen molar-refractivity contribution in [3.8, 4) is 0 Å². The second kappa shape index (κ2) is 4.83. The summed E-state index contributed by atoms with van der Waals surface area (Å²) in [6.07, 6.45) is 3.50. The third kappa shape index (κ3) is 2.27. The Bertz CT molecular complexity index is 489. The zero-order chi connectivity index (χ0) is 11.7. The molecule has 2 aromatic rings. The average Bonchev–Trinajstić information content (AvgIpc) is 2.86. The monoisotopic (exact) mass is 262 g/mol. The molecule has 0 bridgehead atoms. The maximum atomic E-state index is 6.63. The zero-order valence-corrected chi connectivity index (χ0v) is 11.2. The van der Waals surface area contributed by atoms with Crippen LogP contribution in [0.1, 0.15) is 28.5 Å². The third-order valence-corrected chi connectivity index (χ3v) is 4.95. The molecule has 0 aliphatic heterocycles. The molecule has 3 rings (SSSR count). The molecule has 0 fully saturated rings. The van der Waals surface area contributed by atoms with Crippen molar-refractivity contribution >= 4 is 22.9 Å². The number of aryl methyl sites for hydroxylation is 1. The molecule has 1 aliphatic rings. The smallest absolute Gasteiger partial charge is 0.0619 e. The predicted molar refractivity (Wildman–Crippen MR) is 74.9 cm³/mol. The van der Waals surface area contributed by atoms with Gasteiger partial charge in [-0.25, -0.2) is 0 Å². The summed E-state index contributed by atoms with van der Waals surface area (Å²) in [7, 11) is 0. The van der Waals surface area contributed by atoms with Gasteiger partial charge in [-0.3, -0.25) is 0 Å². The topological polar surface area (TPSA) is 0 Å². The summed E-state index contributed by atoms with van der Waals surface area (Å²) in [5.74, 6) is 0.584. The molecule has 0 nitrogen and oxygen atoms in total. The molecule has 1 aromatic heterocycles. The van der Waals surface area contributed by atoms with Crippen LogP contribution in [0.2, 0.25) is 0 Å². The maximum absolute atomic E-state index is 6.63. The molecule has 0 amide bonds. The quantitative estimate of drug-likeness (QED) is 0.680. The number of halogens is 1. The lowest BCUT2D eigenvalue weighted by molar-refractivity contribution is 0.442. The fourth-order valence-corrected chi connectivity index (χ4v) is 3.80. The van der Waals surface area contributed by atoms with E-state index in [0.717, 1.165) is 6.42 Å². The van der Waals surface area contributed by atoms with E-state index in [1.54, 1.807) is 11.3 Å². The van der Waals surface area contributed by atoms with Gasteiger partial charge in [-0.2, -0.15) is 11.3 Å². The Balaban J connectivity index is 1.82. The predicted octanol–water partition coefficient (Wildman–Crippen LogP) is 4.83. The Morgan fingerprint density at radius 1 is 1.24 bits per heavy atom. The van der Waals surface area contributed by atoms with Crippen molar-refractivity contribution in [2.75, 3.05) is 0 Å². The highest BCUT2D eigenvalue weighted by molar-refractivity contribution is 7.07. The van der Waals surface area contributed by atoms with Crippen LogP contribution in [0.5, 0.6) is 0 Å². The molecular weight excluding hydrogens is 248 g/mol. The molecule has 2 heteroatoms. The van der Waals surface area contributed by atoms with E-state index >= 15 is 0 Å². The van der Waals surface area contributed by atoms with Crippen molar-refractivity contribution in [2.24, 2.45) is 5.92 Å². The van der Waals surface area contributed by atoms with E-state index in [-0.39, 0.29) is 5.38 Å². The molecule has 1 heterocycles. The first-order valence-electron chi connectivity index (χ1n) is 6.07. The van der Waals surface area contributed by atoms with Crippen molar-refractivity contribution in [1.29, 1.82) is 0 Å². The van der Waals surface area contributed by atoms with Gasteiger partial charge in [0.2, 0.25) is 0 Å². The fraction of sp³-hybridized carbons (Fsp3) is 0.333. The number of rotatable bonds is 2. The minimum absolute atomic E-state index is 0.180. The first-order valence-corrected chi connectivity index (χ1v) is 7.45. The molecule has 0 saturated heterocycles. The van der Waals surface area contributed by atoms with Gasteiger partial charge in [-0.1, -0.05) is 24.3 Å². The van der Waals surface area contributed by atoms with Crippen LogP contribution in [0.4, 0.5) is 0 Å². The SMILES string of the molecule is ClC1c2ccccc2CCC1Cc1ccsc1. The van der Waals surface area contributed by atoms with E-state index in [0.29, 0.717) is 5.92 Å². The summed E-state index contributed by atoms with van der Waals surface area (Å²) < 4.78 is 0. The van der Waals surface area contributed by atoms with Crippen LogP contribution in [0.3, 0.4) is 0 Å². The highest BCUT2D eigenvalue weighted by atomic mass is 35.5. The van der Waals surface area contributed by atoms with Crippen molar-refractivity contribution in [3.63, 3.8) is 0 Å². The standard InChI is InChI=1S/C15H15ClS/c16-15-13(9-11-7-8-17-10-11)6-5-12-3-1-2-4-14(12)15/h1-4,7-8,10,13,15H,5-6,9H2. The first-order chi connectivity index (χ1) is 8.34. The van der Waals surface area contributed by atoms with Crippen molar-refractivity contribution in [2.45, 2.75) is 24.6 Å². The molecule has 2 atom stereocenters. The summed E-state index contributed by atoms with van der Waals surface area (Å²) in [5.41, 5.74) is 4.22. The van der Waals surface area contributed by atoms with Crippen LogP contribution in [-0.4, -0.2) is 0 Å². The fourth-order valence-electron chi connectivity index (χ4n) is 2.69. The van der Waals surface area contributed by atoms with Crippen LogP contribution in [0.25, 0.3) is 0 Å². The molecule has 0 spiro atoms. The average molecular weight is 263 g/mol. The Morgan fingerprint density at radius 2 is 2.12 bits per heavy atom. The van der Waals surface area contributed by atoms with Crippen LogP contribution in [0, 0.1) is 5.92 Å². The second-order valence-electron chi connectivity index (χ2n) is 4.74. The van der Waals surface area contributed by atoms with Crippen molar-refractivity contribution in [1.82, 2.24) is 0 Å². The first kappa shape index (κ1) is 11.3. The number of hydrogen-bond donors (Lipinski definition) is 0. The lowest BCUT2D eigenvalue weighted by atomic mass is 9.81. The molecule has 17 heavy (non-hydrogen) atoms. The van der Waals surface area contributed by atoms with Crippen LogP contribution >= 0.6 is 22.9 Å². The van der Waals surface area contributed by atoms with Gasteiger partial charge in [0, 0.05) is 0 Å². The summed E-state index contributed by atoms with van der Waals surface area (Å²) in [6.45, 7) is 0. The normalized spacial score (nSPS) is 23.4. The molecule has 1 aliphatic carbocycles. The van der Waals surface area contributed by atoms with E-state index in [4.69, 9.17) is 11.6 Å². The summed E-state index contributed by atoms with van der Waals surface area (Å²) in [5, 5.41) is 4.57. The number of hydrogen-bond acceptors (Lipinski definition) is 1. The largest absolute Gasteiger partial charge is 0.152 e. The van der Waals surface area contributed by atoms with Gasteiger partial charge in [-0.05, 0) is 58.7 Å².